The maximum atomic E-state index is 9.78. The molecule has 0 aromatic rings. The summed E-state index contributed by atoms with van der Waals surface area (Å²) in [6.07, 6.45) is 8.33. The van der Waals surface area contributed by atoms with Gasteiger partial charge < -0.3 is 10.2 Å². The Hall–Kier alpha value is -0.340. The molecule has 17 heavy (non-hydrogen) atoms. The van der Waals surface area contributed by atoms with Gasteiger partial charge in [-0.2, -0.15) is 0 Å². The highest BCUT2D eigenvalue weighted by Crippen LogP contribution is 2.38. The first-order valence-corrected chi connectivity index (χ1v) is 6.94. The summed E-state index contributed by atoms with van der Waals surface area (Å²) in [7, 11) is 0. The summed E-state index contributed by atoms with van der Waals surface area (Å²) in [5.41, 5.74) is 1.49. The maximum absolute atomic E-state index is 9.78. The lowest BCUT2D eigenvalue weighted by molar-refractivity contribution is 0.132. The Morgan fingerprint density at radius 3 is 2.35 bits per heavy atom. The number of hydrogen-bond acceptors (Lipinski definition) is 2. The molecule has 1 rings (SSSR count). The topological polar surface area (TPSA) is 40.5 Å². The van der Waals surface area contributed by atoms with Crippen LogP contribution in [0.5, 0.6) is 0 Å². The first-order chi connectivity index (χ1) is 7.95. The molecule has 2 heteroatoms. The number of rotatable bonds is 2. The minimum Gasteiger partial charge on any atom is -0.393 e. The van der Waals surface area contributed by atoms with E-state index in [0.717, 1.165) is 25.7 Å². The maximum Gasteiger partial charge on any atom is 0.0615 e. The molecule has 0 aromatic carbocycles. The van der Waals surface area contributed by atoms with Crippen molar-refractivity contribution >= 4 is 0 Å². The molecule has 1 aliphatic rings. The summed E-state index contributed by atoms with van der Waals surface area (Å²) in [6, 6.07) is 0. The number of hydrogen-bond donors (Lipinski definition) is 2. The van der Waals surface area contributed by atoms with Gasteiger partial charge in [0, 0.05) is 0 Å². The molecule has 1 fully saturated rings. The second-order valence-corrected chi connectivity index (χ2v) is 6.30. The van der Waals surface area contributed by atoms with Gasteiger partial charge in [0.25, 0.3) is 0 Å². The van der Waals surface area contributed by atoms with Crippen LogP contribution in [0.25, 0.3) is 0 Å². The van der Waals surface area contributed by atoms with E-state index < -0.39 is 0 Å². The summed E-state index contributed by atoms with van der Waals surface area (Å²) in [6.45, 7) is 6.77. The van der Waals surface area contributed by atoms with Crippen LogP contribution in [0.3, 0.4) is 0 Å². The van der Waals surface area contributed by atoms with Gasteiger partial charge in [-0.05, 0) is 37.0 Å². The Kier molecular flexibility index (Phi) is 5.68. The third-order valence-electron chi connectivity index (χ3n) is 3.81. The largest absolute Gasteiger partial charge is 0.393 e. The molecule has 0 spiro atoms. The first kappa shape index (κ1) is 14.7. The molecule has 100 valence electrons. The Labute approximate surface area is 106 Å². The van der Waals surface area contributed by atoms with Crippen LogP contribution in [-0.4, -0.2) is 22.9 Å². The molecule has 0 heterocycles. The van der Waals surface area contributed by atoms with Gasteiger partial charge in [-0.15, -0.1) is 0 Å². The second-order valence-electron chi connectivity index (χ2n) is 6.30. The second kappa shape index (κ2) is 6.55. The fourth-order valence-electron chi connectivity index (χ4n) is 2.95. The molecule has 0 aromatic heterocycles. The predicted molar refractivity (Wildman–Crippen MR) is 71.8 cm³/mol. The standard InChI is InChI=1S/C15H28O2/c1-15(2,3)14(10-11-16)12-6-4-5-7-13(17)9-8-12/h10,12-13,16-17H,4-9,11H2,1-3H3. The van der Waals surface area contributed by atoms with Crippen LogP contribution in [0.4, 0.5) is 0 Å². The Bertz CT molecular complexity index is 250. The quantitative estimate of drug-likeness (QED) is 0.727. The van der Waals surface area contributed by atoms with Crippen molar-refractivity contribution in [3.63, 3.8) is 0 Å². The SMILES string of the molecule is CC(C)(C)C(=CCO)C1CCCCC(O)CC1. The van der Waals surface area contributed by atoms with E-state index in [4.69, 9.17) is 0 Å². The van der Waals surface area contributed by atoms with Gasteiger partial charge >= 0.3 is 0 Å². The average Bonchev–Trinajstić information content (AvgIpc) is 2.20. The lowest BCUT2D eigenvalue weighted by Crippen LogP contribution is -2.22. The van der Waals surface area contributed by atoms with E-state index in [9.17, 15) is 10.2 Å². The smallest absolute Gasteiger partial charge is 0.0615 e. The van der Waals surface area contributed by atoms with Crippen LogP contribution in [-0.2, 0) is 0 Å². The van der Waals surface area contributed by atoms with Gasteiger partial charge in [0.1, 0.15) is 0 Å². The van der Waals surface area contributed by atoms with Crippen molar-refractivity contribution in [2.75, 3.05) is 6.61 Å². The third-order valence-corrected chi connectivity index (χ3v) is 3.81. The Balaban J connectivity index is 2.75. The summed E-state index contributed by atoms with van der Waals surface area (Å²) in [5, 5.41) is 19.0. The van der Waals surface area contributed by atoms with Crippen molar-refractivity contribution in [3.8, 4) is 0 Å². The summed E-state index contributed by atoms with van der Waals surface area (Å²) < 4.78 is 0. The van der Waals surface area contributed by atoms with Crippen LogP contribution in [0, 0.1) is 11.3 Å². The summed E-state index contributed by atoms with van der Waals surface area (Å²) >= 11 is 0. The highest BCUT2D eigenvalue weighted by Gasteiger charge is 2.26. The zero-order chi connectivity index (χ0) is 12.9. The first-order valence-electron chi connectivity index (χ1n) is 6.94. The van der Waals surface area contributed by atoms with Crippen LogP contribution in [0.1, 0.15) is 59.3 Å². The van der Waals surface area contributed by atoms with E-state index in [-0.39, 0.29) is 18.1 Å². The number of aliphatic hydroxyl groups excluding tert-OH is 2. The molecule has 1 saturated carbocycles. The van der Waals surface area contributed by atoms with Crippen molar-refractivity contribution in [1.82, 2.24) is 0 Å². The molecule has 2 atom stereocenters. The Morgan fingerprint density at radius 2 is 1.76 bits per heavy atom. The highest BCUT2D eigenvalue weighted by atomic mass is 16.3. The minimum atomic E-state index is -0.117. The molecule has 0 saturated heterocycles. The highest BCUT2D eigenvalue weighted by molar-refractivity contribution is 5.15. The van der Waals surface area contributed by atoms with E-state index in [1.54, 1.807) is 0 Å². The van der Waals surface area contributed by atoms with Crippen molar-refractivity contribution < 1.29 is 10.2 Å². The molecule has 0 aliphatic heterocycles. The molecular formula is C15H28O2. The fraction of sp³-hybridized carbons (Fsp3) is 0.867. The Morgan fingerprint density at radius 1 is 1.12 bits per heavy atom. The zero-order valence-electron chi connectivity index (χ0n) is 11.6. The van der Waals surface area contributed by atoms with Crippen molar-refractivity contribution in [2.45, 2.75) is 65.4 Å². The molecule has 2 unspecified atom stereocenters. The fourth-order valence-corrected chi connectivity index (χ4v) is 2.95. The molecule has 2 nitrogen and oxygen atoms in total. The van der Waals surface area contributed by atoms with E-state index in [0.29, 0.717) is 5.92 Å². The van der Waals surface area contributed by atoms with Crippen molar-refractivity contribution in [2.24, 2.45) is 11.3 Å². The van der Waals surface area contributed by atoms with Gasteiger partial charge in [-0.1, -0.05) is 45.3 Å². The van der Waals surface area contributed by atoms with Crippen molar-refractivity contribution in [3.05, 3.63) is 11.6 Å². The van der Waals surface area contributed by atoms with Crippen LogP contribution >= 0.6 is 0 Å². The van der Waals surface area contributed by atoms with E-state index >= 15 is 0 Å². The number of allylic oxidation sites excluding steroid dienone is 1. The van der Waals surface area contributed by atoms with Gasteiger partial charge in [0.2, 0.25) is 0 Å². The molecule has 0 amide bonds. The van der Waals surface area contributed by atoms with Gasteiger partial charge in [0.05, 0.1) is 12.7 Å². The number of aliphatic hydroxyl groups is 2. The van der Waals surface area contributed by atoms with Crippen LogP contribution in [0.2, 0.25) is 0 Å². The normalized spacial score (nSPS) is 28.6. The zero-order valence-corrected chi connectivity index (χ0v) is 11.6. The van der Waals surface area contributed by atoms with Crippen LogP contribution < -0.4 is 0 Å². The molecule has 0 bridgehead atoms. The molecule has 1 aliphatic carbocycles. The van der Waals surface area contributed by atoms with Gasteiger partial charge in [0.15, 0.2) is 0 Å². The van der Waals surface area contributed by atoms with E-state index in [1.165, 1.54) is 18.4 Å². The summed E-state index contributed by atoms with van der Waals surface area (Å²) in [4.78, 5) is 0. The van der Waals surface area contributed by atoms with Crippen molar-refractivity contribution in [1.29, 1.82) is 0 Å². The lowest BCUT2D eigenvalue weighted by Gasteiger charge is -2.32. The predicted octanol–water partition coefficient (Wildman–Crippen LogP) is 3.28. The molecular weight excluding hydrogens is 212 g/mol. The van der Waals surface area contributed by atoms with Gasteiger partial charge in [-0.3, -0.25) is 0 Å². The van der Waals surface area contributed by atoms with E-state index in [1.807, 2.05) is 6.08 Å². The average molecular weight is 240 g/mol. The summed E-state index contributed by atoms with van der Waals surface area (Å²) in [5.74, 6) is 0.539. The lowest BCUT2D eigenvalue weighted by atomic mass is 9.73. The van der Waals surface area contributed by atoms with Gasteiger partial charge in [-0.25, -0.2) is 0 Å². The third kappa shape index (κ3) is 4.81. The molecule has 0 radical (unpaired) electrons. The minimum absolute atomic E-state index is 0.117. The monoisotopic (exact) mass is 240 g/mol. The molecule has 2 N–H and O–H groups in total. The van der Waals surface area contributed by atoms with E-state index in [2.05, 4.69) is 20.8 Å². The van der Waals surface area contributed by atoms with Crippen LogP contribution in [0.15, 0.2) is 11.6 Å².